The topological polar surface area (TPSA) is 57.6 Å². The molecular formula is C28H22FNO3S2. The van der Waals surface area contributed by atoms with Crippen molar-refractivity contribution in [3.8, 4) is 0 Å². The van der Waals surface area contributed by atoms with E-state index in [1.54, 1.807) is 23.1 Å². The maximum Gasteiger partial charge on any atom is 0.326 e. The molecule has 0 aliphatic carbocycles. The number of carboxylic acid groups (broad SMARTS) is 1. The standard InChI is InChI=1S/C28H22FNO3S2/c29-24-9-5-4-8-23(24)26(31)15-14-19-10-12-21(13-11-19)16-22-18-30(28(34)35-22)25(27(32)33)17-20-6-2-1-3-7-20/h1-16,25H,17-18H2,(H,32,33)/b15-14+,22-16?. The minimum atomic E-state index is -0.904. The van der Waals surface area contributed by atoms with Gasteiger partial charge in [0.2, 0.25) is 0 Å². The first-order valence-electron chi connectivity index (χ1n) is 10.9. The molecule has 1 unspecified atom stereocenters. The van der Waals surface area contributed by atoms with Crippen LogP contribution in [0.25, 0.3) is 12.2 Å². The molecule has 176 valence electrons. The van der Waals surface area contributed by atoms with E-state index in [2.05, 4.69) is 0 Å². The number of halogens is 1. The molecule has 4 rings (SSSR count). The third-order valence-electron chi connectivity index (χ3n) is 5.54. The Morgan fingerprint density at radius 3 is 2.34 bits per heavy atom. The number of aliphatic carboxylic acids is 1. The number of hydrogen-bond donors (Lipinski definition) is 1. The highest BCUT2D eigenvalue weighted by molar-refractivity contribution is 8.25. The monoisotopic (exact) mass is 503 g/mol. The highest BCUT2D eigenvalue weighted by Crippen LogP contribution is 2.33. The summed E-state index contributed by atoms with van der Waals surface area (Å²) < 4.78 is 14.3. The maximum absolute atomic E-state index is 13.8. The number of thioether (sulfide) groups is 1. The molecule has 1 atom stereocenters. The molecule has 1 heterocycles. The van der Waals surface area contributed by atoms with Gasteiger partial charge in [-0.1, -0.05) is 96.8 Å². The zero-order valence-corrected chi connectivity index (χ0v) is 20.3. The summed E-state index contributed by atoms with van der Waals surface area (Å²) in [4.78, 5) is 26.9. The van der Waals surface area contributed by atoms with Crippen molar-refractivity contribution in [2.75, 3.05) is 6.54 Å². The van der Waals surface area contributed by atoms with Gasteiger partial charge in [-0.05, 0) is 41.0 Å². The first kappa shape index (κ1) is 24.6. The van der Waals surface area contributed by atoms with E-state index < -0.39 is 23.6 Å². The third kappa shape index (κ3) is 6.32. The van der Waals surface area contributed by atoms with Gasteiger partial charge in [0, 0.05) is 11.3 Å². The maximum atomic E-state index is 13.8. The van der Waals surface area contributed by atoms with Crippen LogP contribution in [0.3, 0.4) is 0 Å². The summed E-state index contributed by atoms with van der Waals surface area (Å²) in [6, 6.07) is 22.2. The molecule has 3 aromatic carbocycles. The summed E-state index contributed by atoms with van der Waals surface area (Å²) in [6.45, 7) is 0.437. The highest BCUT2D eigenvalue weighted by atomic mass is 32.2. The van der Waals surface area contributed by atoms with Crippen LogP contribution < -0.4 is 0 Å². The van der Waals surface area contributed by atoms with E-state index in [4.69, 9.17) is 12.2 Å². The molecule has 1 aliphatic heterocycles. The van der Waals surface area contributed by atoms with Crippen LogP contribution in [-0.2, 0) is 11.2 Å². The van der Waals surface area contributed by atoms with Gasteiger partial charge in [0.15, 0.2) is 5.78 Å². The first-order chi connectivity index (χ1) is 16.9. The summed E-state index contributed by atoms with van der Waals surface area (Å²) in [5.74, 6) is -1.84. The Hall–Kier alpha value is -3.55. The molecular weight excluding hydrogens is 481 g/mol. The van der Waals surface area contributed by atoms with Crippen LogP contribution >= 0.6 is 24.0 Å². The van der Waals surface area contributed by atoms with Gasteiger partial charge in [-0.2, -0.15) is 0 Å². The Labute approximate surface area is 212 Å². The van der Waals surface area contributed by atoms with Gasteiger partial charge in [0.05, 0.1) is 12.1 Å². The van der Waals surface area contributed by atoms with Crippen LogP contribution in [0.4, 0.5) is 4.39 Å². The van der Waals surface area contributed by atoms with Crippen LogP contribution in [0.15, 0.2) is 89.8 Å². The van der Waals surface area contributed by atoms with Crippen LogP contribution in [0.2, 0.25) is 0 Å². The summed E-state index contributed by atoms with van der Waals surface area (Å²) in [5.41, 5.74) is 2.73. The fourth-order valence-corrected chi connectivity index (χ4v) is 5.17. The second-order valence-electron chi connectivity index (χ2n) is 7.99. The number of allylic oxidation sites excluding steroid dienone is 1. The molecule has 1 saturated heterocycles. The molecule has 0 spiro atoms. The smallest absolute Gasteiger partial charge is 0.326 e. The Morgan fingerprint density at radius 1 is 1.00 bits per heavy atom. The largest absolute Gasteiger partial charge is 0.480 e. The molecule has 1 N–H and O–H groups in total. The van der Waals surface area contributed by atoms with Gasteiger partial charge in [0.1, 0.15) is 16.2 Å². The van der Waals surface area contributed by atoms with Crippen LogP contribution in [0, 0.1) is 5.82 Å². The van der Waals surface area contributed by atoms with Gasteiger partial charge in [-0.3, -0.25) is 4.79 Å². The van der Waals surface area contributed by atoms with E-state index in [0.717, 1.165) is 21.6 Å². The number of carbonyl (C=O) groups is 2. The summed E-state index contributed by atoms with van der Waals surface area (Å²) in [7, 11) is 0. The number of nitrogens with zero attached hydrogens (tertiary/aromatic N) is 1. The number of carbonyl (C=O) groups excluding carboxylic acids is 1. The lowest BCUT2D eigenvalue weighted by Gasteiger charge is -2.25. The lowest BCUT2D eigenvalue weighted by atomic mass is 10.0. The number of thiocarbonyl (C=S) groups is 1. The molecule has 35 heavy (non-hydrogen) atoms. The Kier molecular flexibility index (Phi) is 7.90. The number of carboxylic acids is 1. The van der Waals surface area contributed by atoms with Crippen molar-refractivity contribution >= 4 is 52.2 Å². The second-order valence-corrected chi connectivity index (χ2v) is 9.75. The normalized spacial score (nSPS) is 15.6. The molecule has 1 aliphatic rings. The van der Waals surface area contributed by atoms with Gasteiger partial charge in [-0.15, -0.1) is 0 Å². The molecule has 4 nitrogen and oxygen atoms in total. The Balaban J connectivity index is 1.42. The van der Waals surface area contributed by atoms with E-state index in [1.165, 1.54) is 30.0 Å². The molecule has 0 amide bonds. The molecule has 3 aromatic rings. The molecule has 0 saturated carbocycles. The molecule has 0 radical (unpaired) electrons. The molecule has 7 heteroatoms. The average molecular weight is 504 g/mol. The van der Waals surface area contributed by atoms with E-state index in [-0.39, 0.29) is 5.56 Å². The second kappa shape index (κ2) is 11.3. The number of rotatable bonds is 8. The zero-order valence-electron chi connectivity index (χ0n) is 18.6. The Bertz CT molecular complexity index is 1300. The quantitative estimate of drug-likeness (QED) is 0.228. The molecule has 0 bridgehead atoms. The number of ketones is 1. The van der Waals surface area contributed by atoms with Crippen molar-refractivity contribution in [2.24, 2.45) is 0 Å². The third-order valence-corrected chi connectivity index (χ3v) is 6.95. The van der Waals surface area contributed by atoms with Gasteiger partial charge < -0.3 is 10.0 Å². The minimum Gasteiger partial charge on any atom is -0.480 e. The van der Waals surface area contributed by atoms with Crippen LogP contribution in [0.1, 0.15) is 27.0 Å². The van der Waals surface area contributed by atoms with Gasteiger partial charge in [0.25, 0.3) is 0 Å². The molecule has 1 fully saturated rings. The van der Waals surface area contributed by atoms with E-state index in [1.807, 2.05) is 60.7 Å². The lowest BCUT2D eigenvalue weighted by molar-refractivity contribution is -0.141. The number of hydrogen-bond acceptors (Lipinski definition) is 4. The van der Waals surface area contributed by atoms with Crippen LogP contribution in [-0.4, -0.2) is 38.7 Å². The van der Waals surface area contributed by atoms with Crippen LogP contribution in [0.5, 0.6) is 0 Å². The van der Waals surface area contributed by atoms with E-state index in [9.17, 15) is 19.1 Å². The zero-order chi connectivity index (χ0) is 24.8. The van der Waals surface area contributed by atoms with Crippen molar-refractivity contribution in [1.82, 2.24) is 4.90 Å². The predicted octanol–water partition coefficient (Wildman–Crippen LogP) is 6.09. The minimum absolute atomic E-state index is 0.0378. The lowest BCUT2D eigenvalue weighted by Crippen LogP contribution is -2.42. The van der Waals surface area contributed by atoms with E-state index >= 15 is 0 Å². The highest BCUT2D eigenvalue weighted by Gasteiger charge is 2.33. The van der Waals surface area contributed by atoms with Crippen molar-refractivity contribution in [3.05, 3.63) is 118 Å². The van der Waals surface area contributed by atoms with Gasteiger partial charge in [-0.25, -0.2) is 9.18 Å². The fraction of sp³-hybridized carbons (Fsp3) is 0.107. The first-order valence-corrected chi connectivity index (χ1v) is 12.2. The predicted molar refractivity (Wildman–Crippen MR) is 143 cm³/mol. The number of benzene rings is 3. The summed E-state index contributed by atoms with van der Waals surface area (Å²) in [5, 5.41) is 9.82. The fourth-order valence-electron chi connectivity index (χ4n) is 3.73. The summed E-state index contributed by atoms with van der Waals surface area (Å²) in [6.07, 6.45) is 5.36. The SMILES string of the molecule is O=C(/C=C/c1ccc(C=C2CN(C(Cc3ccccc3)C(=O)O)C(=S)S2)cc1)c1ccccc1F. The average Bonchev–Trinajstić information content (AvgIpc) is 3.22. The Morgan fingerprint density at radius 2 is 1.66 bits per heavy atom. The summed E-state index contributed by atoms with van der Waals surface area (Å²) >= 11 is 6.89. The van der Waals surface area contributed by atoms with Crippen molar-refractivity contribution < 1.29 is 19.1 Å². The molecule has 0 aromatic heterocycles. The van der Waals surface area contributed by atoms with Crippen molar-refractivity contribution in [1.29, 1.82) is 0 Å². The van der Waals surface area contributed by atoms with Crippen molar-refractivity contribution in [3.63, 3.8) is 0 Å². The van der Waals surface area contributed by atoms with Crippen molar-refractivity contribution in [2.45, 2.75) is 12.5 Å². The van der Waals surface area contributed by atoms with Gasteiger partial charge >= 0.3 is 5.97 Å². The van der Waals surface area contributed by atoms with E-state index in [0.29, 0.717) is 17.3 Å².